The summed E-state index contributed by atoms with van der Waals surface area (Å²) in [6.07, 6.45) is -6.82. The zero-order valence-corrected chi connectivity index (χ0v) is 23.7. The molecule has 2 aromatic heterocycles. The van der Waals surface area contributed by atoms with Gasteiger partial charge in [-0.15, -0.1) is 11.3 Å². The minimum atomic E-state index is -4.74. The molecule has 4 aromatic rings. The van der Waals surface area contributed by atoms with E-state index in [1.807, 2.05) is 0 Å². The monoisotopic (exact) mass is 654 g/mol. The molecule has 4 amide bonds. The number of nitrogens with one attached hydrogen (secondary N) is 1. The fourth-order valence-electron chi connectivity index (χ4n) is 4.85. The molecule has 2 aromatic carbocycles. The van der Waals surface area contributed by atoms with Gasteiger partial charge in [0, 0.05) is 28.1 Å². The van der Waals surface area contributed by atoms with E-state index in [1.54, 1.807) is 0 Å². The van der Waals surface area contributed by atoms with Gasteiger partial charge in [-0.25, -0.2) is 8.78 Å². The molecule has 1 aliphatic heterocycles. The third-order valence-electron chi connectivity index (χ3n) is 6.89. The van der Waals surface area contributed by atoms with Gasteiger partial charge in [-0.1, -0.05) is 23.7 Å². The van der Waals surface area contributed by atoms with Gasteiger partial charge in [0.05, 0.1) is 22.4 Å². The summed E-state index contributed by atoms with van der Waals surface area (Å²) in [4.78, 5) is 49.7. The Labute approximate surface area is 253 Å². The number of nitrogens with two attached hydrogens (primary N) is 2. The number of hydrogen-bond donors (Lipinski definition) is 3. The van der Waals surface area contributed by atoms with E-state index in [1.165, 1.54) is 36.4 Å². The molecule has 0 spiro atoms. The quantitative estimate of drug-likeness (QED) is 0.253. The summed E-state index contributed by atoms with van der Waals surface area (Å²) in [6.45, 7) is -1.27. The number of halogens is 6. The maximum absolute atomic E-state index is 15.6. The van der Waals surface area contributed by atoms with E-state index in [0.717, 1.165) is 9.58 Å². The third-order valence-corrected chi connectivity index (χ3v) is 8.40. The molecular formula is C27H20ClF5N6O4S. The Balaban J connectivity index is 1.40. The predicted molar refractivity (Wildman–Crippen MR) is 150 cm³/mol. The summed E-state index contributed by atoms with van der Waals surface area (Å²) in [5, 5.41) is 6.30. The highest BCUT2D eigenvalue weighted by Crippen LogP contribution is 2.39. The zero-order chi connectivity index (χ0) is 32.1. The van der Waals surface area contributed by atoms with E-state index in [2.05, 4.69) is 10.4 Å². The molecular weight excluding hydrogens is 635 g/mol. The summed E-state index contributed by atoms with van der Waals surface area (Å²) < 4.78 is 70.7. The van der Waals surface area contributed by atoms with Crippen LogP contribution in [0.4, 0.5) is 27.6 Å². The van der Waals surface area contributed by atoms with E-state index in [0.29, 0.717) is 6.07 Å². The predicted octanol–water partition coefficient (Wildman–Crippen LogP) is 4.35. The van der Waals surface area contributed by atoms with Gasteiger partial charge in [0.2, 0.25) is 17.7 Å². The number of carbonyl (C=O) groups excluding carboxylic acids is 4. The zero-order valence-electron chi connectivity index (χ0n) is 22.1. The lowest BCUT2D eigenvalue weighted by Gasteiger charge is -2.24. The average molecular weight is 655 g/mol. The Bertz CT molecular complexity index is 1840. The highest BCUT2D eigenvalue weighted by molar-refractivity contribution is 7.19. The lowest BCUT2D eigenvalue weighted by atomic mass is 10.0. The number of primary amides is 2. The van der Waals surface area contributed by atoms with Crippen LogP contribution in [0.1, 0.15) is 32.1 Å². The van der Waals surface area contributed by atoms with E-state index in [-0.39, 0.29) is 49.0 Å². The maximum Gasteiger partial charge on any atom is 0.425 e. The molecule has 1 saturated heterocycles. The van der Waals surface area contributed by atoms with Gasteiger partial charge in [-0.05, 0) is 30.3 Å². The minimum absolute atomic E-state index is 0.0572. The van der Waals surface area contributed by atoms with E-state index in [4.69, 9.17) is 23.1 Å². The van der Waals surface area contributed by atoms with Crippen LogP contribution in [0, 0.1) is 5.82 Å². The first-order chi connectivity index (χ1) is 20.6. The van der Waals surface area contributed by atoms with E-state index in [9.17, 15) is 36.7 Å². The number of aromatic nitrogens is 2. The highest BCUT2D eigenvalue weighted by Gasteiger charge is 2.41. The van der Waals surface area contributed by atoms with Gasteiger partial charge in [0.25, 0.3) is 5.91 Å². The number of amides is 4. The second-order valence-corrected chi connectivity index (χ2v) is 11.3. The molecule has 0 unspecified atom stereocenters. The molecule has 3 heterocycles. The topological polar surface area (TPSA) is 153 Å². The molecule has 0 saturated carbocycles. The van der Waals surface area contributed by atoms with Crippen molar-refractivity contribution < 1.29 is 41.1 Å². The van der Waals surface area contributed by atoms with Gasteiger partial charge in [-0.2, -0.15) is 18.3 Å². The number of benzene rings is 2. The number of thiophene rings is 1. The van der Waals surface area contributed by atoms with Crippen molar-refractivity contribution in [3.05, 3.63) is 69.4 Å². The first-order valence-corrected chi connectivity index (χ1v) is 13.8. The van der Waals surface area contributed by atoms with Crippen LogP contribution >= 0.6 is 22.9 Å². The molecule has 5 N–H and O–H groups in total. The molecule has 1 fully saturated rings. The molecule has 10 nitrogen and oxygen atoms in total. The average Bonchev–Trinajstić information content (AvgIpc) is 3.64. The van der Waals surface area contributed by atoms with Crippen LogP contribution in [0.5, 0.6) is 0 Å². The summed E-state index contributed by atoms with van der Waals surface area (Å²) in [7, 11) is 0. The van der Waals surface area contributed by atoms with Crippen molar-refractivity contribution in [1.29, 1.82) is 0 Å². The Morgan fingerprint density at radius 2 is 1.80 bits per heavy atom. The summed E-state index contributed by atoms with van der Waals surface area (Å²) in [5.41, 5.74) is 9.64. The van der Waals surface area contributed by atoms with Crippen LogP contribution in [0.2, 0.25) is 5.02 Å². The summed E-state index contributed by atoms with van der Waals surface area (Å²) in [5.74, 6) is -4.67. The number of rotatable bonds is 7. The van der Waals surface area contributed by atoms with Crippen molar-refractivity contribution in [2.75, 3.05) is 11.9 Å². The number of fused-ring (bicyclic) bond motifs is 1. The molecule has 2 atom stereocenters. The van der Waals surface area contributed by atoms with Crippen molar-refractivity contribution in [2.45, 2.75) is 31.4 Å². The normalized spacial score (nSPS) is 16.8. The Morgan fingerprint density at radius 3 is 2.45 bits per heavy atom. The van der Waals surface area contributed by atoms with Gasteiger partial charge in [0.15, 0.2) is 11.5 Å². The Kier molecular flexibility index (Phi) is 8.07. The van der Waals surface area contributed by atoms with Crippen LogP contribution in [0.3, 0.4) is 0 Å². The number of anilines is 1. The number of alkyl halides is 4. The van der Waals surface area contributed by atoms with Crippen LogP contribution in [0.15, 0.2) is 42.5 Å². The number of carbonyl (C=O) groups is 4. The Hall–Kier alpha value is -4.57. The molecule has 0 radical (unpaired) electrons. The highest BCUT2D eigenvalue weighted by atomic mass is 35.5. The maximum atomic E-state index is 15.6. The number of nitrogens with zero attached hydrogens (tertiary/aromatic N) is 3. The first-order valence-electron chi connectivity index (χ1n) is 12.7. The van der Waals surface area contributed by atoms with Gasteiger partial charge in [-0.3, -0.25) is 23.9 Å². The molecule has 1 aliphatic rings. The lowest BCUT2D eigenvalue weighted by molar-refractivity contribution is -0.137. The number of likely N-dealkylation sites (tertiary alicyclic amines) is 1. The third kappa shape index (κ3) is 5.81. The summed E-state index contributed by atoms with van der Waals surface area (Å²) in [6, 6.07) is 7.24. The second kappa shape index (κ2) is 11.5. The fraction of sp³-hybridized carbons (Fsp3) is 0.222. The molecule has 230 valence electrons. The van der Waals surface area contributed by atoms with Crippen molar-refractivity contribution in [3.63, 3.8) is 0 Å². The molecule has 17 heteroatoms. The molecule has 44 heavy (non-hydrogen) atoms. The smallest absolute Gasteiger partial charge is 0.366 e. The fourth-order valence-corrected chi connectivity index (χ4v) is 6.08. The molecule has 0 aliphatic carbocycles. The Morgan fingerprint density at radius 1 is 1.07 bits per heavy atom. The van der Waals surface area contributed by atoms with Crippen molar-refractivity contribution >= 4 is 62.5 Å². The van der Waals surface area contributed by atoms with Crippen LogP contribution in [-0.2, 0) is 22.3 Å². The SMILES string of the molecule is NC(=O)c1ccc(Cl)c(-c2cccc(NC(=O)[C@@H]3C[C@@H](F)CN3C(=O)Cn3nc(C(N)=O)c4sc(C(F)(F)F)cc43)c2F)c1. The largest absolute Gasteiger partial charge is 0.425 e. The van der Waals surface area contributed by atoms with Gasteiger partial charge in [0.1, 0.15) is 23.6 Å². The number of hydrogen-bond acceptors (Lipinski definition) is 6. The first kappa shape index (κ1) is 30.9. The van der Waals surface area contributed by atoms with E-state index >= 15 is 4.39 Å². The van der Waals surface area contributed by atoms with Crippen LogP contribution < -0.4 is 16.8 Å². The summed E-state index contributed by atoms with van der Waals surface area (Å²) >= 11 is 6.43. The van der Waals surface area contributed by atoms with Crippen LogP contribution in [-0.4, -0.2) is 57.1 Å². The van der Waals surface area contributed by atoms with Crippen molar-refractivity contribution in [3.8, 4) is 11.1 Å². The minimum Gasteiger partial charge on any atom is -0.366 e. The van der Waals surface area contributed by atoms with Gasteiger partial charge >= 0.3 is 6.18 Å². The van der Waals surface area contributed by atoms with E-state index < -0.39 is 77.9 Å². The van der Waals surface area contributed by atoms with Crippen molar-refractivity contribution in [1.82, 2.24) is 14.7 Å². The van der Waals surface area contributed by atoms with Gasteiger partial charge < -0.3 is 21.7 Å². The van der Waals surface area contributed by atoms with Crippen molar-refractivity contribution in [2.24, 2.45) is 11.5 Å². The standard InChI is InChI=1S/C27H20ClF5N6O4S/c28-15-5-4-11(24(34)41)6-14(15)13-2-1-3-16(21(13)30)36-26(43)18-7-12(29)9-38(18)20(40)10-39-17-8-19(27(31,32)33)44-23(17)22(37-39)25(35)42/h1-6,8,12,18H,7,9-10H2,(H2,34,41)(H2,35,42)(H,36,43)/t12-,18+/m1/s1. The second-order valence-electron chi connectivity index (χ2n) is 9.80. The molecule has 5 rings (SSSR count). The molecule has 0 bridgehead atoms. The lowest BCUT2D eigenvalue weighted by Crippen LogP contribution is -2.44. The van der Waals surface area contributed by atoms with Crippen LogP contribution in [0.25, 0.3) is 21.3 Å².